The summed E-state index contributed by atoms with van der Waals surface area (Å²) in [6, 6.07) is 21.4. The highest BCUT2D eigenvalue weighted by atomic mass is 16.3. The van der Waals surface area contributed by atoms with Gasteiger partial charge in [0.1, 0.15) is 0 Å². The number of piperidine rings is 1. The number of hydrogen-bond donors (Lipinski definition) is 1. The van der Waals surface area contributed by atoms with E-state index >= 15 is 0 Å². The van der Waals surface area contributed by atoms with Crippen LogP contribution in [0.5, 0.6) is 0 Å². The van der Waals surface area contributed by atoms with E-state index in [9.17, 15) is 5.11 Å². The average molecular weight is 367 g/mol. The van der Waals surface area contributed by atoms with Crippen LogP contribution in [0.3, 0.4) is 0 Å². The van der Waals surface area contributed by atoms with Crippen LogP contribution in [-0.2, 0) is 13.1 Å². The first-order valence-electron chi connectivity index (χ1n) is 10.4. The number of nitrogens with zero attached hydrogens (tertiary/aromatic N) is 2. The molecule has 0 bridgehead atoms. The van der Waals surface area contributed by atoms with Crippen LogP contribution < -0.4 is 0 Å². The van der Waals surface area contributed by atoms with E-state index in [1.165, 1.54) is 24.0 Å². The molecule has 0 spiro atoms. The first kappa shape index (κ1) is 20.1. The molecule has 27 heavy (non-hydrogen) atoms. The Kier molecular flexibility index (Phi) is 7.88. The van der Waals surface area contributed by atoms with Gasteiger partial charge in [0.15, 0.2) is 0 Å². The predicted octanol–water partition coefficient (Wildman–Crippen LogP) is 4.17. The van der Waals surface area contributed by atoms with Crippen molar-refractivity contribution >= 4 is 0 Å². The number of benzene rings is 2. The number of aliphatic hydroxyl groups excluding tert-OH is 1. The van der Waals surface area contributed by atoms with Gasteiger partial charge in [-0.2, -0.15) is 0 Å². The smallest absolute Gasteiger partial charge is 0.0707 e. The van der Waals surface area contributed by atoms with Crippen molar-refractivity contribution in [2.75, 3.05) is 26.2 Å². The summed E-state index contributed by atoms with van der Waals surface area (Å²) in [4.78, 5) is 4.93. The normalized spacial score (nSPS) is 20.9. The zero-order valence-corrected chi connectivity index (χ0v) is 16.6. The van der Waals surface area contributed by atoms with Crippen LogP contribution in [0.15, 0.2) is 60.7 Å². The zero-order chi connectivity index (χ0) is 18.9. The van der Waals surface area contributed by atoms with Crippen molar-refractivity contribution in [2.24, 2.45) is 5.92 Å². The molecule has 1 N–H and O–H groups in total. The summed E-state index contributed by atoms with van der Waals surface area (Å²) >= 11 is 0. The van der Waals surface area contributed by atoms with Gasteiger partial charge in [-0.1, -0.05) is 74.0 Å². The minimum atomic E-state index is -0.218. The third-order valence-corrected chi connectivity index (χ3v) is 5.62. The molecular weight excluding hydrogens is 332 g/mol. The van der Waals surface area contributed by atoms with Crippen LogP contribution in [0.1, 0.15) is 37.3 Å². The molecule has 0 radical (unpaired) electrons. The van der Waals surface area contributed by atoms with Gasteiger partial charge in [0, 0.05) is 32.1 Å². The highest BCUT2D eigenvalue weighted by Crippen LogP contribution is 2.22. The molecule has 0 aliphatic carbocycles. The number of aliphatic hydroxyl groups is 1. The maximum atomic E-state index is 10.8. The van der Waals surface area contributed by atoms with Crippen molar-refractivity contribution in [3.8, 4) is 0 Å². The zero-order valence-electron chi connectivity index (χ0n) is 16.6. The van der Waals surface area contributed by atoms with Gasteiger partial charge in [0.05, 0.1) is 6.10 Å². The van der Waals surface area contributed by atoms with Gasteiger partial charge in [-0.15, -0.1) is 0 Å². The van der Waals surface area contributed by atoms with E-state index in [-0.39, 0.29) is 6.10 Å². The summed E-state index contributed by atoms with van der Waals surface area (Å²) in [7, 11) is 0. The monoisotopic (exact) mass is 366 g/mol. The third-order valence-electron chi connectivity index (χ3n) is 5.62. The quantitative estimate of drug-likeness (QED) is 0.721. The van der Waals surface area contributed by atoms with Crippen molar-refractivity contribution in [1.29, 1.82) is 0 Å². The molecular formula is C24H34N2O. The molecule has 146 valence electrons. The molecule has 2 aromatic carbocycles. The second-order valence-corrected chi connectivity index (χ2v) is 7.91. The summed E-state index contributed by atoms with van der Waals surface area (Å²) < 4.78 is 0. The fourth-order valence-corrected chi connectivity index (χ4v) is 4.04. The Labute approximate surface area is 164 Å². The molecule has 1 aliphatic rings. The molecule has 1 aliphatic heterocycles. The van der Waals surface area contributed by atoms with E-state index in [0.717, 1.165) is 45.7 Å². The number of hydrogen-bond acceptors (Lipinski definition) is 3. The molecule has 0 saturated carbocycles. The van der Waals surface area contributed by atoms with Gasteiger partial charge in [-0.05, 0) is 37.1 Å². The highest BCUT2D eigenvalue weighted by Gasteiger charge is 2.28. The van der Waals surface area contributed by atoms with Crippen LogP contribution in [0.2, 0.25) is 0 Å². The Hall–Kier alpha value is -1.68. The minimum Gasteiger partial charge on any atom is -0.391 e. The van der Waals surface area contributed by atoms with Crippen molar-refractivity contribution < 1.29 is 5.11 Å². The first-order chi connectivity index (χ1) is 13.2. The number of likely N-dealkylation sites (tertiary alicyclic amines) is 1. The van der Waals surface area contributed by atoms with Crippen LogP contribution >= 0.6 is 0 Å². The van der Waals surface area contributed by atoms with Crippen molar-refractivity contribution in [1.82, 2.24) is 9.80 Å². The lowest BCUT2D eigenvalue weighted by Crippen LogP contribution is -2.47. The maximum Gasteiger partial charge on any atom is 0.0707 e. The summed E-state index contributed by atoms with van der Waals surface area (Å²) in [5.41, 5.74) is 2.67. The largest absolute Gasteiger partial charge is 0.391 e. The highest BCUT2D eigenvalue weighted by molar-refractivity contribution is 5.17. The van der Waals surface area contributed by atoms with Gasteiger partial charge in [-0.25, -0.2) is 0 Å². The van der Waals surface area contributed by atoms with Crippen LogP contribution in [0.4, 0.5) is 0 Å². The van der Waals surface area contributed by atoms with Crippen molar-refractivity contribution in [3.63, 3.8) is 0 Å². The second-order valence-electron chi connectivity index (χ2n) is 7.91. The summed E-state index contributed by atoms with van der Waals surface area (Å²) in [6.07, 6.45) is 3.32. The molecule has 2 atom stereocenters. The van der Waals surface area contributed by atoms with Gasteiger partial charge in [-0.3, -0.25) is 4.90 Å². The maximum absolute atomic E-state index is 10.8. The van der Waals surface area contributed by atoms with Gasteiger partial charge in [0.25, 0.3) is 0 Å². The summed E-state index contributed by atoms with van der Waals surface area (Å²) in [6.45, 7) is 8.11. The van der Waals surface area contributed by atoms with E-state index in [0.29, 0.717) is 5.92 Å². The van der Waals surface area contributed by atoms with E-state index in [4.69, 9.17) is 0 Å². The Morgan fingerprint density at radius 3 is 2.07 bits per heavy atom. The van der Waals surface area contributed by atoms with Crippen LogP contribution in [0.25, 0.3) is 0 Å². The first-order valence-corrected chi connectivity index (χ1v) is 10.4. The van der Waals surface area contributed by atoms with Gasteiger partial charge >= 0.3 is 0 Å². The van der Waals surface area contributed by atoms with Crippen LogP contribution in [-0.4, -0.2) is 47.2 Å². The molecule has 0 amide bonds. The van der Waals surface area contributed by atoms with E-state index < -0.39 is 0 Å². The molecule has 1 saturated heterocycles. The van der Waals surface area contributed by atoms with Crippen LogP contribution in [0, 0.1) is 5.92 Å². The third kappa shape index (κ3) is 6.46. The topological polar surface area (TPSA) is 26.7 Å². The number of rotatable bonds is 9. The average Bonchev–Trinajstić information content (AvgIpc) is 2.70. The molecule has 0 aromatic heterocycles. The van der Waals surface area contributed by atoms with Gasteiger partial charge in [0.2, 0.25) is 0 Å². The lowest BCUT2D eigenvalue weighted by atomic mass is 9.92. The molecule has 3 nitrogen and oxygen atoms in total. The lowest BCUT2D eigenvalue weighted by Gasteiger charge is -2.38. The lowest BCUT2D eigenvalue weighted by molar-refractivity contribution is 0.00374. The Bertz CT molecular complexity index is 604. The Morgan fingerprint density at radius 1 is 0.963 bits per heavy atom. The van der Waals surface area contributed by atoms with E-state index in [2.05, 4.69) is 77.4 Å². The molecule has 2 aromatic rings. The molecule has 2 unspecified atom stereocenters. The van der Waals surface area contributed by atoms with E-state index in [1.54, 1.807) is 0 Å². The molecule has 3 heteroatoms. The summed E-state index contributed by atoms with van der Waals surface area (Å²) in [5.74, 6) is 0.357. The second kappa shape index (κ2) is 10.6. The number of unbranched alkanes of at least 4 members (excludes halogenated alkanes) is 1. The standard InChI is InChI=1S/C24H34N2O/c1-2-3-15-25-16-14-23(24(27)20-25)19-26(17-21-10-6-4-7-11-21)18-22-12-8-5-9-13-22/h4-13,23-24,27H,2-3,14-20H2,1H3. The minimum absolute atomic E-state index is 0.218. The van der Waals surface area contributed by atoms with Crippen molar-refractivity contribution in [2.45, 2.75) is 45.4 Å². The Morgan fingerprint density at radius 2 is 1.56 bits per heavy atom. The predicted molar refractivity (Wildman–Crippen MR) is 112 cm³/mol. The molecule has 3 rings (SSSR count). The Balaban J connectivity index is 1.62. The molecule has 1 heterocycles. The molecule has 1 fully saturated rings. The fraction of sp³-hybridized carbons (Fsp3) is 0.500. The SMILES string of the molecule is CCCCN1CCC(CN(Cc2ccccc2)Cc2ccccc2)C(O)C1. The van der Waals surface area contributed by atoms with E-state index in [1.807, 2.05) is 0 Å². The summed E-state index contributed by atoms with van der Waals surface area (Å²) in [5, 5.41) is 10.8. The number of β-amino-alcohol motifs (C(OH)–C–C–N with tert-alkyl or cyclic N) is 1. The van der Waals surface area contributed by atoms with Gasteiger partial charge < -0.3 is 10.0 Å². The fourth-order valence-electron chi connectivity index (χ4n) is 4.04. The van der Waals surface area contributed by atoms with Crippen molar-refractivity contribution in [3.05, 3.63) is 71.8 Å².